The minimum atomic E-state index is 0.599. The Bertz CT molecular complexity index is 334. The third-order valence-corrected chi connectivity index (χ3v) is 3.59. The lowest BCUT2D eigenvalue weighted by molar-refractivity contribution is 0.309. The summed E-state index contributed by atoms with van der Waals surface area (Å²) in [6.07, 6.45) is 7.54. The molecule has 0 amide bonds. The lowest BCUT2D eigenvalue weighted by Gasteiger charge is -2.14. The highest BCUT2D eigenvalue weighted by molar-refractivity contribution is 5.27. The molecule has 0 fully saturated rings. The summed E-state index contributed by atoms with van der Waals surface area (Å²) >= 11 is 0. The van der Waals surface area contributed by atoms with Crippen LogP contribution < -0.4 is 10.1 Å². The number of hydrogen-bond acceptors (Lipinski definition) is 2. The number of ether oxygens (including phenoxy) is 1. The fourth-order valence-corrected chi connectivity index (χ4v) is 2.13. The summed E-state index contributed by atoms with van der Waals surface area (Å²) in [5, 5.41) is 3.59. The van der Waals surface area contributed by atoms with Gasteiger partial charge in [0.25, 0.3) is 0 Å². The van der Waals surface area contributed by atoms with Crippen LogP contribution in [0.25, 0.3) is 0 Å². The van der Waals surface area contributed by atoms with E-state index in [9.17, 15) is 0 Å². The number of rotatable bonds is 11. The normalized spacial score (nSPS) is 12.3. The van der Waals surface area contributed by atoms with Gasteiger partial charge in [-0.05, 0) is 37.5 Å². The van der Waals surface area contributed by atoms with Crippen molar-refractivity contribution in [1.82, 2.24) is 5.32 Å². The van der Waals surface area contributed by atoms with Crippen LogP contribution in [0.4, 0.5) is 0 Å². The van der Waals surface area contributed by atoms with Crippen LogP contribution in [-0.2, 0) is 6.54 Å². The Balaban J connectivity index is 2.23. The molecule has 0 saturated heterocycles. The number of hydrogen-bond donors (Lipinski definition) is 1. The maximum Gasteiger partial charge on any atom is 0.119 e. The molecule has 0 radical (unpaired) electrons. The predicted molar refractivity (Wildman–Crippen MR) is 87.3 cm³/mol. The zero-order chi connectivity index (χ0) is 14.6. The minimum absolute atomic E-state index is 0.599. The minimum Gasteiger partial charge on any atom is -0.494 e. The van der Waals surface area contributed by atoms with E-state index in [1.807, 2.05) is 0 Å². The zero-order valence-electron chi connectivity index (χ0n) is 13.5. The summed E-state index contributed by atoms with van der Waals surface area (Å²) in [6.45, 7) is 8.48. The molecule has 1 aromatic carbocycles. The van der Waals surface area contributed by atoms with Gasteiger partial charge < -0.3 is 10.1 Å². The Kier molecular flexibility index (Phi) is 9.14. The quantitative estimate of drug-likeness (QED) is 0.579. The van der Waals surface area contributed by atoms with E-state index in [0.717, 1.165) is 25.3 Å². The van der Waals surface area contributed by atoms with E-state index in [2.05, 4.69) is 50.4 Å². The average Bonchev–Trinajstić information content (AvgIpc) is 2.47. The molecular weight excluding hydrogens is 246 g/mol. The van der Waals surface area contributed by atoms with Gasteiger partial charge in [-0.1, -0.05) is 51.7 Å². The first-order valence-corrected chi connectivity index (χ1v) is 8.21. The summed E-state index contributed by atoms with van der Waals surface area (Å²) in [4.78, 5) is 0. The number of nitrogens with one attached hydrogen (secondary N) is 1. The van der Waals surface area contributed by atoms with Crippen LogP contribution in [-0.4, -0.2) is 12.6 Å². The van der Waals surface area contributed by atoms with Gasteiger partial charge in [0.15, 0.2) is 0 Å². The Morgan fingerprint density at radius 3 is 2.35 bits per heavy atom. The molecule has 0 bridgehead atoms. The smallest absolute Gasteiger partial charge is 0.119 e. The molecule has 1 N–H and O–H groups in total. The van der Waals surface area contributed by atoms with Crippen LogP contribution in [0, 0.1) is 0 Å². The Labute approximate surface area is 124 Å². The lowest BCUT2D eigenvalue weighted by atomic mass is 10.1. The second-order valence-corrected chi connectivity index (χ2v) is 5.62. The van der Waals surface area contributed by atoms with Gasteiger partial charge in [-0.2, -0.15) is 0 Å². The summed E-state index contributed by atoms with van der Waals surface area (Å²) < 4.78 is 5.67. The molecule has 20 heavy (non-hydrogen) atoms. The van der Waals surface area contributed by atoms with Crippen molar-refractivity contribution < 1.29 is 4.74 Å². The highest BCUT2D eigenvalue weighted by Crippen LogP contribution is 2.13. The standard InChI is InChI=1S/C18H31NO/c1-4-6-8-9-16(3)19-15-17-10-12-18(13-11-17)20-14-7-5-2/h10-13,16,19H,4-9,14-15H2,1-3H3. The second kappa shape index (κ2) is 10.7. The molecule has 1 aromatic rings. The fraction of sp³-hybridized carbons (Fsp3) is 0.667. The van der Waals surface area contributed by atoms with Gasteiger partial charge in [0.2, 0.25) is 0 Å². The largest absolute Gasteiger partial charge is 0.494 e. The van der Waals surface area contributed by atoms with Crippen molar-refractivity contribution in [3.05, 3.63) is 29.8 Å². The van der Waals surface area contributed by atoms with E-state index >= 15 is 0 Å². The summed E-state index contributed by atoms with van der Waals surface area (Å²) in [5.74, 6) is 0.984. The predicted octanol–water partition coefficient (Wildman–Crippen LogP) is 4.92. The molecular formula is C18H31NO. The highest BCUT2D eigenvalue weighted by Gasteiger charge is 2.01. The van der Waals surface area contributed by atoms with Crippen molar-refractivity contribution in [2.24, 2.45) is 0 Å². The summed E-state index contributed by atoms with van der Waals surface area (Å²) in [6, 6.07) is 9.07. The van der Waals surface area contributed by atoms with Crippen molar-refractivity contribution in [2.45, 2.75) is 71.9 Å². The molecule has 1 rings (SSSR count). The van der Waals surface area contributed by atoms with E-state index < -0.39 is 0 Å². The van der Waals surface area contributed by atoms with Gasteiger partial charge in [-0.15, -0.1) is 0 Å². The van der Waals surface area contributed by atoms with Crippen molar-refractivity contribution >= 4 is 0 Å². The van der Waals surface area contributed by atoms with Crippen LogP contribution in [0.5, 0.6) is 5.75 Å². The van der Waals surface area contributed by atoms with Gasteiger partial charge in [-0.25, -0.2) is 0 Å². The maximum atomic E-state index is 5.67. The molecule has 0 aliphatic carbocycles. The Hall–Kier alpha value is -1.02. The molecule has 0 saturated carbocycles. The molecule has 0 aromatic heterocycles. The fourth-order valence-electron chi connectivity index (χ4n) is 2.13. The van der Waals surface area contributed by atoms with E-state index in [-0.39, 0.29) is 0 Å². The molecule has 0 aliphatic rings. The summed E-state index contributed by atoms with van der Waals surface area (Å²) in [5.41, 5.74) is 1.33. The summed E-state index contributed by atoms with van der Waals surface area (Å²) in [7, 11) is 0. The van der Waals surface area contributed by atoms with Crippen molar-refractivity contribution in [2.75, 3.05) is 6.61 Å². The SMILES string of the molecule is CCCCCC(C)NCc1ccc(OCCCC)cc1. The van der Waals surface area contributed by atoms with Gasteiger partial charge in [0.05, 0.1) is 6.61 Å². The second-order valence-electron chi connectivity index (χ2n) is 5.62. The molecule has 0 spiro atoms. The van der Waals surface area contributed by atoms with Crippen molar-refractivity contribution in [3.63, 3.8) is 0 Å². The monoisotopic (exact) mass is 277 g/mol. The van der Waals surface area contributed by atoms with Crippen LogP contribution in [0.3, 0.4) is 0 Å². The van der Waals surface area contributed by atoms with Crippen LogP contribution >= 0.6 is 0 Å². The Morgan fingerprint density at radius 2 is 1.70 bits per heavy atom. The van der Waals surface area contributed by atoms with E-state index in [0.29, 0.717) is 6.04 Å². The van der Waals surface area contributed by atoms with Crippen molar-refractivity contribution in [1.29, 1.82) is 0 Å². The van der Waals surface area contributed by atoms with Crippen LogP contribution in [0.1, 0.15) is 64.9 Å². The molecule has 0 heterocycles. The van der Waals surface area contributed by atoms with Gasteiger partial charge in [0.1, 0.15) is 5.75 Å². The average molecular weight is 277 g/mol. The van der Waals surface area contributed by atoms with Crippen molar-refractivity contribution in [3.8, 4) is 5.75 Å². The van der Waals surface area contributed by atoms with Gasteiger partial charge in [0, 0.05) is 12.6 Å². The number of unbranched alkanes of at least 4 members (excludes halogenated alkanes) is 3. The highest BCUT2D eigenvalue weighted by atomic mass is 16.5. The van der Waals surface area contributed by atoms with E-state index in [1.165, 1.54) is 37.7 Å². The molecule has 2 nitrogen and oxygen atoms in total. The lowest BCUT2D eigenvalue weighted by Crippen LogP contribution is -2.25. The number of benzene rings is 1. The first-order valence-electron chi connectivity index (χ1n) is 8.21. The van der Waals surface area contributed by atoms with Crippen LogP contribution in [0.2, 0.25) is 0 Å². The first-order chi connectivity index (χ1) is 9.76. The van der Waals surface area contributed by atoms with Gasteiger partial charge in [-0.3, -0.25) is 0 Å². The molecule has 2 heteroatoms. The molecule has 0 aliphatic heterocycles. The van der Waals surface area contributed by atoms with E-state index in [4.69, 9.17) is 4.74 Å². The maximum absolute atomic E-state index is 5.67. The van der Waals surface area contributed by atoms with Crippen LogP contribution in [0.15, 0.2) is 24.3 Å². The molecule has 114 valence electrons. The Morgan fingerprint density at radius 1 is 1.00 bits per heavy atom. The topological polar surface area (TPSA) is 21.3 Å². The third-order valence-electron chi connectivity index (χ3n) is 3.59. The first kappa shape index (κ1) is 17.0. The third kappa shape index (κ3) is 7.54. The molecule has 1 unspecified atom stereocenters. The zero-order valence-corrected chi connectivity index (χ0v) is 13.5. The van der Waals surface area contributed by atoms with E-state index in [1.54, 1.807) is 0 Å². The molecule has 1 atom stereocenters. The van der Waals surface area contributed by atoms with Gasteiger partial charge >= 0.3 is 0 Å².